The standard InChI is InChI=1S/C9H6Br2F2O4/c10-3-1-4(6(14)8(15)16)7(5(11)2-3)17-9(12)13/h1-2,6,9,14H,(H,15,16). The van der Waals surface area contributed by atoms with Gasteiger partial charge in [-0.3, -0.25) is 0 Å². The summed E-state index contributed by atoms with van der Waals surface area (Å²) >= 11 is 6.01. The van der Waals surface area contributed by atoms with Crippen LogP contribution in [0.15, 0.2) is 21.1 Å². The van der Waals surface area contributed by atoms with Crippen molar-refractivity contribution < 1.29 is 28.5 Å². The van der Waals surface area contributed by atoms with Crippen LogP contribution in [0.2, 0.25) is 0 Å². The van der Waals surface area contributed by atoms with E-state index >= 15 is 0 Å². The molecule has 0 aromatic heterocycles. The van der Waals surface area contributed by atoms with E-state index in [0.717, 1.165) is 0 Å². The van der Waals surface area contributed by atoms with Crippen molar-refractivity contribution >= 4 is 37.8 Å². The molecule has 0 bridgehead atoms. The van der Waals surface area contributed by atoms with Crippen LogP contribution >= 0.6 is 31.9 Å². The monoisotopic (exact) mass is 374 g/mol. The molecule has 0 aliphatic carbocycles. The average Bonchev–Trinajstić information content (AvgIpc) is 2.20. The summed E-state index contributed by atoms with van der Waals surface area (Å²) in [5.41, 5.74) is -0.265. The van der Waals surface area contributed by atoms with Gasteiger partial charge in [-0.25, -0.2) is 4.79 Å². The number of carbonyl (C=O) groups is 1. The lowest BCUT2D eigenvalue weighted by Crippen LogP contribution is -2.14. The zero-order valence-corrected chi connectivity index (χ0v) is 11.2. The van der Waals surface area contributed by atoms with Crippen molar-refractivity contribution in [3.8, 4) is 5.75 Å². The van der Waals surface area contributed by atoms with Crippen LogP contribution in [0.3, 0.4) is 0 Å². The lowest BCUT2D eigenvalue weighted by atomic mass is 10.1. The summed E-state index contributed by atoms with van der Waals surface area (Å²) in [6, 6.07) is 2.59. The summed E-state index contributed by atoms with van der Waals surface area (Å²) < 4.78 is 29.0. The number of carboxylic acids is 1. The molecule has 1 atom stereocenters. The summed E-state index contributed by atoms with van der Waals surface area (Å²) in [7, 11) is 0. The number of benzene rings is 1. The normalized spacial score (nSPS) is 12.6. The van der Waals surface area contributed by atoms with E-state index in [1.165, 1.54) is 12.1 Å². The molecule has 1 rings (SSSR count). The third-order valence-electron chi connectivity index (χ3n) is 1.77. The van der Waals surface area contributed by atoms with Crippen LogP contribution in [0.1, 0.15) is 11.7 Å². The van der Waals surface area contributed by atoms with Crippen molar-refractivity contribution in [2.75, 3.05) is 0 Å². The molecule has 0 aliphatic rings. The zero-order valence-electron chi connectivity index (χ0n) is 8.03. The zero-order chi connectivity index (χ0) is 13.2. The molecule has 8 heteroatoms. The summed E-state index contributed by atoms with van der Waals surface area (Å²) in [5.74, 6) is -1.97. The Morgan fingerprint density at radius 1 is 1.35 bits per heavy atom. The first kappa shape index (κ1) is 14.3. The Labute approximate surface area is 111 Å². The molecule has 17 heavy (non-hydrogen) atoms. The largest absolute Gasteiger partial charge is 0.479 e. The van der Waals surface area contributed by atoms with Gasteiger partial charge in [-0.15, -0.1) is 0 Å². The predicted octanol–water partition coefficient (Wildman–Crippen LogP) is 2.93. The molecular weight excluding hydrogens is 370 g/mol. The molecule has 0 radical (unpaired) electrons. The number of hydrogen-bond acceptors (Lipinski definition) is 3. The molecule has 2 N–H and O–H groups in total. The second-order valence-electron chi connectivity index (χ2n) is 2.93. The molecule has 4 nitrogen and oxygen atoms in total. The number of carboxylic acid groups (broad SMARTS) is 1. The summed E-state index contributed by atoms with van der Waals surface area (Å²) in [4.78, 5) is 10.6. The minimum Gasteiger partial charge on any atom is -0.479 e. The first-order valence-corrected chi connectivity index (χ1v) is 5.76. The van der Waals surface area contributed by atoms with Crippen LogP contribution in [0, 0.1) is 0 Å². The molecule has 0 spiro atoms. The van der Waals surface area contributed by atoms with Gasteiger partial charge in [-0.1, -0.05) is 15.9 Å². The number of aliphatic hydroxyl groups excluding tert-OH is 1. The second kappa shape index (κ2) is 5.74. The number of aliphatic carboxylic acids is 1. The van der Waals surface area contributed by atoms with E-state index < -0.39 is 24.4 Å². The Kier molecular flexibility index (Phi) is 4.84. The fourth-order valence-corrected chi connectivity index (χ4v) is 2.48. The number of halogens is 4. The van der Waals surface area contributed by atoms with Gasteiger partial charge in [0.05, 0.1) is 4.47 Å². The molecule has 0 aliphatic heterocycles. The highest BCUT2D eigenvalue weighted by atomic mass is 79.9. The number of aliphatic hydroxyl groups is 1. The predicted molar refractivity (Wildman–Crippen MR) is 61.1 cm³/mol. The Morgan fingerprint density at radius 3 is 2.41 bits per heavy atom. The highest BCUT2D eigenvalue weighted by Gasteiger charge is 2.24. The van der Waals surface area contributed by atoms with Crippen LogP contribution < -0.4 is 4.74 Å². The SMILES string of the molecule is O=C(O)C(O)c1cc(Br)cc(Br)c1OC(F)F. The molecule has 0 saturated carbocycles. The van der Waals surface area contributed by atoms with Crippen molar-refractivity contribution in [3.05, 3.63) is 26.6 Å². The summed E-state index contributed by atoms with van der Waals surface area (Å²) in [5, 5.41) is 18.0. The quantitative estimate of drug-likeness (QED) is 0.849. The third-order valence-corrected chi connectivity index (χ3v) is 2.82. The van der Waals surface area contributed by atoms with E-state index in [1.54, 1.807) is 0 Å². The fraction of sp³-hybridized carbons (Fsp3) is 0.222. The van der Waals surface area contributed by atoms with Crippen molar-refractivity contribution in [1.82, 2.24) is 0 Å². The second-order valence-corrected chi connectivity index (χ2v) is 4.70. The Morgan fingerprint density at radius 2 is 1.94 bits per heavy atom. The van der Waals surface area contributed by atoms with Gasteiger partial charge >= 0.3 is 12.6 Å². The van der Waals surface area contributed by atoms with Crippen molar-refractivity contribution in [2.24, 2.45) is 0 Å². The lowest BCUT2D eigenvalue weighted by molar-refractivity contribution is -0.147. The molecule has 0 heterocycles. The number of ether oxygens (including phenoxy) is 1. The molecular formula is C9H6Br2F2O4. The Balaban J connectivity index is 3.29. The van der Waals surface area contributed by atoms with E-state index in [1.807, 2.05) is 0 Å². The van der Waals surface area contributed by atoms with E-state index in [0.29, 0.717) is 4.47 Å². The van der Waals surface area contributed by atoms with Gasteiger partial charge in [0.15, 0.2) is 6.10 Å². The Hall–Kier alpha value is -0.730. The molecule has 0 fully saturated rings. The van der Waals surface area contributed by atoms with Gasteiger partial charge in [0.1, 0.15) is 5.75 Å². The van der Waals surface area contributed by atoms with Gasteiger partial charge in [-0.05, 0) is 28.1 Å². The van der Waals surface area contributed by atoms with Crippen LogP contribution in [0.4, 0.5) is 8.78 Å². The topological polar surface area (TPSA) is 66.8 Å². The van der Waals surface area contributed by atoms with Crippen LogP contribution in [-0.4, -0.2) is 22.8 Å². The van der Waals surface area contributed by atoms with Gasteiger partial charge in [0, 0.05) is 10.0 Å². The third kappa shape index (κ3) is 3.62. The van der Waals surface area contributed by atoms with Crippen LogP contribution in [-0.2, 0) is 4.79 Å². The first-order valence-electron chi connectivity index (χ1n) is 4.17. The lowest BCUT2D eigenvalue weighted by Gasteiger charge is -2.15. The van der Waals surface area contributed by atoms with Crippen LogP contribution in [0.25, 0.3) is 0 Å². The first-order chi connectivity index (χ1) is 7.82. The summed E-state index contributed by atoms with van der Waals surface area (Å²) in [6.45, 7) is -3.12. The highest BCUT2D eigenvalue weighted by Crippen LogP contribution is 2.37. The van der Waals surface area contributed by atoms with E-state index in [2.05, 4.69) is 36.6 Å². The van der Waals surface area contributed by atoms with E-state index in [-0.39, 0.29) is 10.0 Å². The summed E-state index contributed by atoms with van der Waals surface area (Å²) in [6.07, 6.45) is -1.95. The molecule has 1 aromatic rings. The highest BCUT2D eigenvalue weighted by molar-refractivity contribution is 9.11. The van der Waals surface area contributed by atoms with Crippen molar-refractivity contribution in [2.45, 2.75) is 12.7 Å². The molecule has 94 valence electrons. The minimum absolute atomic E-state index is 0.113. The van der Waals surface area contributed by atoms with Crippen molar-refractivity contribution in [1.29, 1.82) is 0 Å². The van der Waals surface area contributed by atoms with Gasteiger partial charge in [0.25, 0.3) is 0 Å². The fourth-order valence-electron chi connectivity index (χ4n) is 1.13. The van der Waals surface area contributed by atoms with Gasteiger partial charge in [-0.2, -0.15) is 8.78 Å². The van der Waals surface area contributed by atoms with Gasteiger partial charge < -0.3 is 14.9 Å². The average molecular weight is 376 g/mol. The smallest absolute Gasteiger partial charge is 0.387 e. The maximum Gasteiger partial charge on any atom is 0.387 e. The molecule has 1 aromatic carbocycles. The molecule has 0 amide bonds. The molecule has 1 unspecified atom stereocenters. The maximum absolute atomic E-state index is 12.2. The van der Waals surface area contributed by atoms with E-state index in [4.69, 9.17) is 5.11 Å². The molecule has 0 saturated heterocycles. The Bertz CT molecular complexity index is 439. The number of hydrogen-bond donors (Lipinski definition) is 2. The minimum atomic E-state index is -3.12. The van der Waals surface area contributed by atoms with Gasteiger partial charge in [0.2, 0.25) is 0 Å². The van der Waals surface area contributed by atoms with Crippen molar-refractivity contribution in [3.63, 3.8) is 0 Å². The van der Waals surface area contributed by atoms with Crippen LogP contribution in [0.5, 0.6) is 5.75 Å². The van der Waals surface area contributed by atoms with E-state index in [9.17, 15) is 18.7 Å². The number of alkyl halides is 2. The maximum atomic E-state index is 12.2. The number of rotatable bonds is 4.